The molecule has 0 aromatic rings. The van der Waals surface area contributed by atoms with Gasteiger partial charge in [0.15, 0.2) is 12.1 Å². The molecular weight excluding hydrogens is 618 g/mol. The first-order chi connectivity index (χ1) is 22.3. The highest BCUT2D eigenvalue weighted by Crippen LogP contribution is 2.39. The maximum absolute atomic E-state index is 12.3. The first-order valence-corrected chi connectivity index (χ1v) is 15.9. The summed E-state index contributed by atoms with van der Waals surface area (Å²) in [6.45, 7) is 3.34. The van der Waals surface area contributed by atoms with Crippen LogP contribution in [0, 0.1) is 5.92 Å². The van der Waals surface area contributed by atoms with Gasteiger partial charge in [0.05, 0.1) is 48.8 Å². The van der Waals surface area contributed by atoms with Crippen LogP contribution in [0.2, 0.25) is 0 Å². The number of aliphatic hydroxyl groups is 5. The number of aliphatic carboxylic acids is 1. The summed E-state index contributed by atoms with van der Waals surface area (Å²) >= 11 is 0. The van der Waals surface area contributed by atoms with Crippen LogP contribution in [0.25, 0.3) is 0 Å². The summed E-state index contributed by atoms with van der Waals surface area (Å²) in [5, 5.41) is 63.9. The molecule has 3 unspecified atom stereocenters. The second kappa shape index (κ2) is 16.6. The summed E-state index contributed by atoms with van der Waals surface area (Å²) in [5.74, 6) is -5.45. The lowest BCUT2D eigenvalue weighted by Crippen LogP contribution is -2.61. The topological polar surface area (TPSA) is 231 Å². The normalized spacial score (nSPS) is 43.8. The van der Waals surface area contributed by atoms with Gasteiger partial charge in [0.1, 0.15) is 24.2 Å². The van der Waals surface area contributed by atoms with Gasteiger partial charge < -0.3 is 60.1 Å². The molecule has 4 heterocycles. The zero-order valence-corrected chi connectivity index (χ0v) is 26.4. The third-order valence-corrected chi connectivity index (χ3v) is 8.58. The number of aliphatic hydroxyl groups excluding tert-OH is 4. The highest BCUT2D eigenvalue weighted by atomic mass is 16.7. The summed E-state index contributed by atoms with van der Waals surface area (Å²) in [5.41, 5.74) is 5.98. The van der Waals surface area contributed by atoms with E-state index in [1.165, 1.54) is 12.2 Å². The second-order valence-corrected chi connectivity index (χ2v) is 12.6. The smallest absolute Gasteiger partial charge is 0.330 e. The first-order valence-electron chi connectivity index (χ1n) is 15.9. The van der Waals surface area contributed by atoms with Crippen LogP contribution in [0.4, 0.5) is 0 Å². The van der Waals surface area contributed by atoms with Gasteiger partial charge in [-0.15, -0.1) is 0 Å². The Morgan fingerprint density at radius 1 is 0.936 bits per heavy atom. The van der Waals surface area contributed by atoms with Crippen molar-refractivity contribution in [2.45, 2.75) is 125 Å². The van der Waals surface area contributed by atoms with E-state index in [0.717, 1.165) is 0 Å². The SMILES string of the molecule is C[C@@H]1CC=CC=CC=CC=C[C@H](OC2O[C@H](C)[C@@H](O)[C@H](N)[C@@H]2O)C[C@@H]2O[C@](O)(C[C@@H](O)CC3OC3C=CC(=O)O1)C[C@H](O)[C@H]2C(=O)O. The lowest BCUT2D eigenvalue weighted by atomic mass is 9.83. The van der Waals surface area contributed by atoms with Gasteiger partial charge in [-0.25, -0.2) is 4.79 Å². The van der Waals surface area contributed by atoms with Crippen LogP contribution in [0.15, 0.2) is 60.8 Å². The van der Waals surface area contributed by atoms with Crippen molar-refractivity contribution in [2.24, 2.45) is 11.7 Å². The van der Waals surface area contributed by atoms with Crippen LogP contribution in [-0.2, 0) is 33.3 Å². The Morgan fingerprint density at radius 2 is 1.64 bits per heavy atom. The van der Waals surface area contributed by atoms with E-state index in [9.17, 15) is 40.2 Å². The molecule has 3 fully saturated rings. The van der Waals surface area contributed by atoms with Crippen molar-refractivity contribution in [2.75, 3.05) is 0 Å². The zero-order chi connectivity index (χ0) is 34.3. The Bertz CT molecular complexity index is 1220. The Kier molecular flexibility index (Phi) is 13.1. The van der Waals surface area contributed by atoms with Gasteiger partial charge in [0, 0.05) is 38.2 Å². The number of nitrogens with two attached hydrogens (primary N) is 1. The largest absolute Gasteiger partial charge is 0.481 e. The van der Waals surface area contributed by atoms with E-state index in [2.05, 4.69) is 0 Å². The molecule has 4 aliphatic rings. The molecule has 0 aliphatic carbocycles. The van der Waals surface area contributed by atoms with Crippen molar-refractivity contribution < 1.29 is 63.9 Å². The highest BCUT2D eigenvalue weighted by Gasteiger charge is 2.51. The lowest BCUT2D eigenvalue weighted by molar-refractivity contribution is -0.308. The molecule has 8 N–H and O–H groups in total. The van der Waals surface area contributed by atoms with E-state index in [1.807, 2.05) is 6.08 Å². The summed E-state index contributed by atoms with van der Waals surface area (Å²) in [6, 6.07) is -1.08. The molecule has 14 atom stereocenters. The quantitative estimate of drug-likeness (QED) is 0.157. The minimum Gasteiger partial charge on any atom is -0.481 e. The van der Waals surface area contributed by atoms with Crippen LogP contribution in [0.5, 0.6) is 0 Å². The van der Waals surface area contributed by atoms with Gasteiger partial charge in [0.25, 0.3) is 0 Å². The molecular formula is C33H47NO13. The number of allylic oxidation sites excluding steroid dienone is 6. The molecule has 4 rings (SSSR count). The van der Waals surface area contributed by atoms with E-state index in [1.54, 1.807) is 56.4 Å². The molecule has 14 nitrogen and oxygen atoms in total. The van der Waals surface area contributed by atoms with Crippen molar-refractivity contribution in [1.82, 2.24) is 0 Å². The van der Waals surface area contributed by atoms with Crippen molar-refractivity contribution in [1.29, 1.82) is 0 Å². The fourth-order valence-electron chi connectivity index (χ4n) is 6.00. The van der Waals surface area contributed by atoms with Gasteiger partial charge in [0.2, 0.25) is 0 Å². The van der Waals surface area contributed by atoms with Gasteiger partial charge in [-0.2, -0.15) is 0 Å². The molecule has 0 saturated carbocycles. The van der Waals surface area contributed by atoms with Gasteiger partial charge in [-0.05, 0) is 19.9 Å². The number of cyclic esters (lactones) is 1. The summed E-state index contributed by atoms with van der Waals surface area (Å²) < 4.78 is 28.5. The third-order valence-electron chi connectivity index (χ3n) is 8.58. The number of esters is 1. The lowest BCUT2D eigenvalue weighted by Gasteiger charge is -2.45. The summed E-state index contributed by atoms with van der Waals surface area (Å²) in [4.78, 5) is 24.4. The second-order valence-electron chi connectivity index (χ2n) is 12.6. The van der Waals surface area contributed by atoms with E-state index in [0.29, 0.717) is 6.42 Å². The average molecular weight is 666 g/mol. The molecule has 4 aliphatic heterocycles. The molecule has 0 amide bonds. The molecule has 0 radical (unpaired) electrons. The fourth-order valence-corrected chi connectivity index (χ4v) is 6.00. The monoisotopic (exact) mass is 665 g/mol. The van der Waals surface area contributed by atoms with Gasteiger partial charge >= 0.3 is 11.9 Å². The Hall–Kier alpha value is -2.76. The van der Waals surface area contributed by atoms with Crippen LogP contribution in [0.1, 0.15) is 46.0 Å². The Balaban J connectivity index is 1.58. The summed E-state index contributed by atoms with van der Waals surface area (Å²) in [7, 11) is 0. The minimum atomic E-state index is -2.10. The van der Waals surface area contributed by atoms with Crippen LogP contribution in [-0.4, -0.2) is 122 Å². The standard InChI is InChI=1S/C33H47NO13/c1-18-10-8-6-4-3-5-7-9-11-21(45-32-30(39)28(34)29(38)19(2)44-32)15-25-27(31(40)41)22(36)17-33(42,47-25)16-20(35)14-24-23(46-24)12-13-26(37)43-18/h3-9,11-13,18-25,27-30,32,35-36,38-39,42H,10,14-17,34H2,1-2H3,(H,40,41)/t18-,19-,20+,21+,22+,23?,24?,25+,27-,28+,29-,30+,32?,33-/m1/s1. The summed E-state index contributed by atoms with van der Waals surface area (Å²) in [6.07, 6.45) is 5.25. The fraction of sp³-hybridized carbons (Fsp3) is 0.636. The highest BCUT2D eigenvalue weighted by molar-refractivity contribution is 5.82. The van der Waals surface area contributed by atoms with E-state index >= 15 is 0 Å². The van der Waals surface area contributed by atoms with E-state index < -0.39 is 97.3 Å². The molecule has 2 bridgehead atoms. The van der Waals surface area contributed by atoms with Gasteiger partial charge in [-0.1, -0.05) is 48.6 Å². The number of fused-ring (bicyclic) bond motifs is 3. The number of ether oxygens (including phenoxy) is 5. The number of epoxide rings is 1. The Morgan fingerprint density at radius 3 is 2.36 bits per heavy atom. The molecule has 0 aromatic heterocycles. The molecule has 14 heteroatoms. The predicted molar refractivity (Wildman–Crippen MR) is 165 cm³/mol. The predicted octanol–water partition coefficient (Wildman–Crippen LogP) is 0.120. The maximum Gasteiger partial charge on any atom is 0.330 e. The van der Waals surface area contributed by atoms with Gasteiger partial charge in [-0.3, -0.25) is 4.79 Å². The number of hydrogen-bond acceptors (Lipinski definition) is 13. The Labute approximate surface area is 273 Å². The molecule has 262 valence electrons. The molecule has 3 saturated heterocycles. The molecule has 47 heavy (non-hydrogen) atoms. The number of hydrogen-bond donors (Lipinski definition) is 7. The minimum absolute atomic E-state index is 0.0789. The van der Waals surface area contributed by atoms with Crippen LogP contribution in [0.3, 0.4) is 0 Å². The number of carboxylic acid groups (broad SMARTS) is 1. The average Bonchev–Trinajstić information content (AvgIpc) is 3.72. The first kappa shape index (κ1) is 37.1. The third kappa shape index (κ3) is 10.6. The number of carbonyl (C=O) groups is 2. The van der Waals surface area contributed by atoms with Crippen LogP contribution < -0.4 is 5.73 Å². The van der Waals surface area contributed by atoms with Crippen molar-refractivity contribution in [3.63, 3.8) is 0 Å². The van der Waals surface area contributed by atoms with Crippen LogP contribution >= 0.6 is 0 Å². The molecule has 0 aromatic carbocycles. The van der Waals surface area contributed by atoms with Crippen molar-refractivity contribution in [3.05, 3.63) is 60.8 Å². The number of carboxylic acids is 1. The maximum atomic E-state index is 12.3. The molecule has 0 spiro atoms. The van der Waals surface area contributed by atoms with E-state index in [-0.39, 0.29) is 25.4 Å². The zero-order valence-electron chi connectivity index (χ0n) is 26.4. The van der Waals surface area contributed by atoms with E-state index in [4.69, 9.17) is 29.4 Å². The number of rotatable bonds is 3. The van der Waals surface area contributed by atoms with Crippen molar-refractivity contribution in [3.8, 4) is 0 Å². The van der Waals surface area contributed by atoms with Crippen molar-refractivity contribution >= 4 is 11.9 Å². The number of carbonyl (C=O) groups excluding carboxylic acids is 1.